The maximum atomic E-state index is 14.5. The first kappa shape index (κ1) is 29.1. The fraction of sp³-hybridized carbons (Fsp3) is 0.259. The van der Waals surface area contributed by atoms with E-state index in [4.69, 9.17) is 4.74 Å². The van der Waals surface area contributed by atoms with Gasteiger partial charge in [0.1, 0.15) is 24.2 Å². The zero-order valence-corrected chi connectivity index (χ0v) is 23.8. The van der Waals surface area contributed by atoms with Crippen LogP contribution in [0.4, 0.5) is 10.1 Å². The second-order valence-electron chi connectivity index (χ2n) is 8.55. The van der Waals surface area contributed by atoms with Crippen LogP contribution in [0.1, 0.15) is 18.1 Å². The van der Waals surface area contributed by atoms with Gasteiger partial charge >= 0.3 is 0 Å². The van der Waals surface area contributed by atoms with Crippen LogP contribution in [-0.4, -0.2) is 51.9 Å². The van der Waals surface area contributed by atoms with Crippen molar-refractivity contribution in [2.24, 2.45) is 0 Å². The van der Waals surface area contributed by atoms with Crippen LogP contribution in [0.3, 0.4) is 0 Å². The van der Waals surface area contributed by atoms with E-state index in [2.05, 4.69) is 21.2 Å². The number of methoxy groups -OCH3 is 1. The highest BCUT2D eigenvalue weighted by Gasteiger charge is 2.33. The molecule has 3 aromatic carbocycles. The second-order valence-corrected chi connectivity index (χ2v) is 11.3. The van der Waals surface area contributed by atoms with Gasteiger partial charge in [-0.05, 0) is 66.2 Å². The molecule has 0 unspecified atom stereocenters. The van der Waals surface area contributed by atoms with E-state index in [0.717, 1.165) is 14.8 Å². The van der Waals surface area contributed by atoms with Crippen LogP contribution in [0.5, 0.6) is 5.75 Å². The van der Waals surface area contributed by atoms with Crippen LogP contribution in [0, 0.1) is 12.7 Å². The Bertz CT molecular complexity index is 1420. The van der Waals surface area contributed by atoms with Gasteiger partial charge in [0.2, 0.25) is 11.8 Å². The number of nitrogens with one attached hydrogen (secondary N) is 1. The number of benzene rings is 3. The Labute approximate surface area is 230 Å². The van der Waals surface area contributed by atoms with Crippen molar-refractivity contribution >= 4 is 43.5 Å². The van der Waals surface area contributed by atoms with Crippen molar-refractivity contribution in [3.8, 4) is 5.75 Å². The van der Waals surface area contributed by atoms with E-state index in [1.165, 1.54) is 57.5 Å². The van der Waals surface area contributed by atoms with Gasteiger partial charge < -0.3 is 15.0 Å². The number of hydrogen-bond donors (Lipinski definition) is 1. The number of nitrogens with zero attached hydrogens (tertiary/aromatic N) is 2. The maximum absolute atomic E-state index is 14.5. The molecule has 0 aliphatic carbocycles. The molecule has 3 rings (SSSR count). The van der Waals surface area contributed by atoms with Gasteiger partial charge in [-0.15, -0.1) is 0 Å². The summed E-state index contributed by atoms with van der Waals surface area (Å²) < 4.78 is 48.8. The molecule has 0 radical (unpaired) electrons. The van der Waals surface area contributed by atoms with Gasteiger partial charge in [0, 0.05) is 19.2 Å². The zero-order valence-electron chi connectivity index (χ0n) is 21.4. The molecule has 0 aliphatic heterocycles. The van der Waals surface area contributed by atoms with Crippen molar-refractivity contribution in [2.45, 2.75) is 31.3 Å². The highest BCUT2D eigenvalue weighted by atomic mass is 79.9. The summed E-state index contributed by atoms with van der Waals surface area (Å²) in [4.78, 5) is 27.3. The molecule has 202 valence electrons. The SMILES string of the molecule is CNC(=O)[C@@H](C)N(Cc1ccccc1F)C(=O)CN(c1ccc(C)cc1)S(=O)(=O)c1ccc(OC)c(Br)c1. The molecule has 0 aliphatic rings. The van der Waals surface area contributed by atoms with Gasteiger partial charge in [-0.1, -0.05) is 35.9 Å². The standard InChI is InChI=1S/C27H29BrFN3O5S/c1-18-9-11-21(12-10-18)32(38(35,36)22-13-14-25(37-4)23(28)15-22)17-26(33)31(19(2)27(34)30-3)16-20-7-5-6-8-24(20)29/h5-15,19H,16-17H2,1-4H3,(H,30,34)/t19-/m1/s1. The van der Waals surface area contributed by atoms with E-state index in [1.54, 1.807) is 30.3 Å². The molecule has 0 aromatic heterocycles. The number of carbonyl (C=O) groups is 2. The molecular formula is C27H29BrFN3O5S. The van der Waals surface area contributed by atoms with E-state index in [-0.39, 0.29) is 22.7 Å². The average Bonchev–Trinajstić information content (AvgIpc) is 2.90. The Balaban J connectivity index is 2.06. The van der Waals surface area contributed by atoms with Gasteiger partial charge in [-0.25, -0.2) is 12.8 Å². The zero-order chi connectivity index (χ0) is 28.0. The largest absolute Gasteiger partial charge is 0.496 e. The van der Waals surface area contributed by atoms with E-state index in [0.29, 0.717) is 10.2 Å². The van der Waals surface area contributed by atoms with E-state index < -0.39 is 40.2 Å². The first-order valence-electron chi connectivity index (χ1n) is 11.7. The van der Waals surface area contributed by atoms with Crippen molar-refractivity contribution in [3.63, 3.8) is 0 Å². The molecule has 38 heavy (non-hydrogen) atoms. The third-order valence-corrected chi connectivity index (χ3v) is 8.41. The summed E-state index contributed by atoms with van der Waals surface area (Å²) in [7, 11) is -1.36. The Morgan fingerprint density at radius 2 is 1.74 bits per heavy atom. The predicted octanol–water partition coefficient (Wildman–Crippen LogP) is 4.26. The number of carbonyl (C=O) groups excluding carboxylic acids is 2. The molecule has 1 atom stereocenters. The first-order chi connectivity index (χ1) is 18.0. The van der Waals surface area contributed by atoms with Crippen molar-refractivity contribution in [1.29, 1.82) is 0 Å². The maximum Gasteiger partial charge on any atom is 0.264 e. The smallest absolute Gasteiger partial charge is 0.264 e. The van der Waals surface area contributed by atoms with E-state index in [1.807, 2.05) is 6.92 Å². The summed E-state index contributed by atoms with van der Waals surface area (Å²) in [6.45, 7) is 2.51. The van der Waals surface area contributed by atoms with Gasteiger partial charge in [0.05, 0.1) is 22.2 Å². The lowest BCUT2D eigenvalue weighted by atomic mass is 10.1. The molecule has 0 fully saturated rings. The Hall–Kier alpha value is -3.44. The summed E-state index contributed by atoms with van der Waals surface area (Å²) in [6.07, 6.45) is 0. The Morgan fingerprint density at radius 3 is 2.32 bits per heavy atom. The molecule has 0 saturated heterocycles. The number of hydrogen-bond acceptors (Lipinski definition) is 5. The number of rotatable bonds is 10. The second kappa shape index (κ2) is 12.4. The van der Waals surface area contributed by atoms with Crippen LogP contribution in [0.15, 0.2) is 76.1 Å². The molecule has 0 spiro atoms. The van der Waals surface area contributed by atoms with E-state index >= 15 is 0 Å². The third-order valence-electron chi connectivity index (χ3n) is 6.02. The summed E-state index contributed by atoms with van der Waals surface area (Å²) >= 11 is 3.31. The molecule has 1 N–H and O–H groups in total. The molecule has 0 heterocycles. The summed E-state index contributed by atoms with van der Waals surface area (Å²) in [5.74, 6) is -1.25. The van der Waals surface area contributed by atoms with Gasteiger partial charge in [-0.3, -0.25) is 13.9 Å². The number of halogens is 2. The molecule has 0 bridgehead atoms. The number of likely N-dealkylation sites (N-methyl/N-ethyl adjacent to an activating group) is 1. The molecular weight excluding hydrogens is 577 g/mol. The van der Waals surface area contributed by atoms with Gasteiger partial charge in [0.25, 0.3) is 10.0 Å². The van der Waals surface area contributed by atoms with Crippen LogP contribution in [0.2, 0.25) is 0 Å². The van der Waals surface area contributed by atoms with Crippen molar-refractivity contribution < 1.29 is 27.1 Å². The summed E-state index contributed by atoms with van der Waals surface area (Å²) in [6, 6.07) is 15.9. The topological polar surface area (TPSA) is 96.0 Å². The normalized spacial score (nSPS) is 11.9. The lowest BCUT2D eigenvalue weighted by Gasteiger charge is -2.32. The molecule has 8 nitrogen and oxygen atoms in total. The average molecular weight is 607 g/mol. The third kappa shape index (κ3) is 6.51. The fourth-order valence-electron chi connectivity index (χ4n) is 3.78. The highest BCUT2D eigenvalue weighted by molar-refractivity contribution is 9.10. The minimum Gasteiger partial charge on any atom is -0.496 e. The molecule has 0 saturated carbocycles. The van der Waals surface area contributed by atoms with Gasteiger partial charge in [0.15, 0.2) is 0 Å². The summed E-state index contributed by atoms with van der Waals surface area (Å²) in [5.41, 5.74) is 1.36. The van der Waals surface area contributed by atoms with Crippen LogP contribution in [-0.2, 0) is 26.2 Å². The fourth-order valence-corrected chi connectivity index (χ4v) is 5.91. The van der Waals surface area contributed by atoms with Gasteiger partial charge in [-0.2, -0.15) is 0 Å². The van der Waals surface area contributed by atoms with Crippen LogP contribution < -0.4 is 14.4 Å². The molecule has 2 amide bonds. The molecule has 11 heteroatoms. The predicted molar refractivity (Wildman–Crippen MR) is 147 cm³/mol. The number of aryl methyl sites for hydroxylation is 1. The Morgan fingerprint density at radius 1 is 1.08 bits per heavy atom. The highest BCUT2D eigenvalue weighted by Crippen LogP contribution is 2.31. The van der Waals surface area contributed by atoms with Crippen LogP contribution in [0.25, 0.3) is 0 Å². The van der Waals surface area contributed by atoms with E-state index in [9.17, 15) is 22.4 Å². The van der Waals surface area contributed by atoms with Crippen molar-refractivity contribution in [2.75, 3.05) is 25.0 Å². The van der Waals surface area contributed by atoms with Crippen LogP contribution >= 0.6 is 15.9 Å². The first-order valence-corrected chi connectivity index (χ1v) is 13.9. The number of ether oxygens (including phenoxy) is 1. The monoisotopic (exact) mass is 605 g/mol. The number of sulfonamides is 1. The Kier molecular flexibility index (Phi) is 9.50. The quantitative estimate of drug-likeness (QED) is 0.372. The van der Waals surface area contributed by atoms with Crippen molar-refractivity contribution in [1.82, 2.24) is 10.2 Å². The lowest BCUT2D eigenvalue weighted by Crippen LogP contribution is -2.50. The minimum atomic E-state index is -4.25. The van der Waals surface area contributed by atoms with Crippen molar-refractivity contribution in [3.05, 3.63) is 88.1 Å². The summed E-state index contributed by atoms with van der Waals surface area (Å²) in [5, 5.41) is 2.49. The number of anilines is 1. The molecule has 3 aromatic rings. The minimum absolute atomic E-state index is 0.0708. The lowest BCUT2D eigenvalue weighted by molar-refractivity contribution is -0.139. The number of amides is 2.